The van der Waals surface area contributed by atoms with E-state index in [9.17, 15) is 14.3 Å². The number of carbonyl (C=O) groups is 1. The summed E-state index contributed by atoms with van der Waals surface area (Å²) in [5, 5.41) is 19.1. The lowest BCUT2D eigenvalue weighted by Crippen LogP contribution is -2.12. The maximum Gasteiger partial charge on any atom is 0.337 e. The molecule has 0 heterocycles. The van der Waals surface area contributed by atoms with Gasteiger partial charge < -0.3 is 10.2 Å². The third-order valence-corrected chi connectivity index (χ3v) is 3.41. The Morgan fingerprint density at radius 1 is 1.15 bits per heavy atom. The first-order chi connectivity index (χ1) is 9.41. The molecule has 0 aliphatic carbocycles. The molecule has 0 spiro atoms. The van der Waals surface area contributed by atoms with E-state index < -0.39 is 17.9 Å². The molecule has 104 valence electrons. The lowest BCUT2D eigenvalue weighted by Gasteiger charge is -2.15. The minimum Gasteiger partial charge on any atom is -0.479 e. The molecular formula is C14H9Cl2FO3. The molecule has 0 amide bonds. The average Bonchev–Trinajstić information content (AvgIpc) is 2.38. The summed E-state index contributed by atoms with van der Waals surface area (Å²) in [5.74, 6) is -2.03. The highest BCUT2D eigenvalue weighted by Gasteiger charge is 2.22. The number of hydrogen-bond acceptors (Lipinski definition) is 2. The van der Waals surface area contributed by atoms with Gasteiger partial charge in [0, 0.05) is 15.6 Å². The quantitative estimate of drug-likeness (QED) is 0.902. The summed E-state index contributed by atoms with van der Waals surface area (Å²) in [6.07, 6.45) is -1.79. The number of halogens is 3. The van der Waals surface area contributed by atoms with E-state index in [0.717, 1.165) is 12.1 Å². The minimum atomic E-state index is -1.79. The molecular weight excluding hydrogens is 306 g/mol. The number of carboxylic acid groups (broad SMARTS) is 1. The van der Waals surface area contributed by atoms with Crippen molar-refractivity contribution in [3.05, 3.63) is 57.8 Å². The summed E-state index contributed by atoms with van der Waals surface area (Å²) in [7, 11) is 0. The molecule has 6 heteroatoms. The van der Waals surface area contributed by atoms with Gasteiger partial charge in [0.1, 0.15) is 5.82 Å². The van der Waals surface area contributed by atoms with E-state index in [1.807, 2.05) is 0 Å². The zero-order valence-corrected chi connectivity index (χ0v) is 11.5. The Morgan fingerprint density at radius 2 is 1.75 bits per heavy atom. The number of rotatable bonds is 3. The topological polar surface area (TPSA) is 57.5 Å². The van der Waals surface area contributed by atoms with Gasteiger partial charge in [0.2, 0.25) is 0 Å². The second-order valence-electron chi connectivity index (χ2n) is 4.07. The van der Waals surface area contributed by atoms with Crippen LogP contribution in [0, 0.1) is 5.82 Å². The molecule has 2 N–H and O–H groups in total. The molecule has 0 radical (unpaired) electrons. The normalized spacial score (nSPS) is 12.2. The number of aliphatic carboxylic acids is 1. The van der Waals surface area contributed by atoms with Gasteiger partial charge in [-0.05, 0) is 35.4 Å². The van der Waals surface area contributed by atoms with Crippen LogP contribution in [0.2, 0.25) is 10.0 Å². The van der Waals surface area contributed by atoms with Crippen molar-refractivity contribution in [3.63, 3.8) is 0 Å². The van der Waals surface area contributed by atoms with E-state index in [0.29, 0.717) is 0 Å². The lowest BCUT2D eigenvalue weighted by atomic mass is 9.96. The number of aliphatic hydroxyl groups excluding tert-OH is 1. The highest BCUT2D eigenvalue weighted by atomic mass is 35.5. The maximum absolute atomic E-state index is 13.4. The van der Waals surface area contributed by atoms with E-state index in [1.54, 1.807) is 18.2 Å². The van der Waals surface area contributed by atoms with Crippen LogP contribution in [0.3, 0.4) is 0 Å². The number of hydrogen-bond donors (Lipinski definition) is 2. The summed E-state index contributed by atoms with van der Waals surface area (Å²) in [6, 6.07) is 8.06. The maximum atomic E-state index is 13.4. The van der Waals surface area contributed by atoms with Crippen molar-refractivity contribution < 1.29 is 19.4 Å². The van der Waals surface area contributed by atoms with Gasteiger partial charge in [-0.1, -0.05) is 35.3 Å². The Kier molecular flexibility index (Phi) is 4.28. The van der Waals surface area contributed by atoms with Crippen molar-refractivity contribution in [3.8, 4) is 11.1 Å². The molecule has 20 heavy (non-hydrogen) atoms. The van der Waals surface area contributed by atoms with Crippen LogP contribution in [-0.4, -0.2) is 16.2 Å². The third-order valence-electron chi connectivity index (χ3n) is 2.78. The van der Waals surface area contributed by atoms with Crippen LogP contribution < -0.4 is 0 Å². The van der Waals surface area contributed by atoms with Gasteiger partial charge in [0.25, 0.3) is 0 Å². The molecule has 3 nitrogen and oxygen atoms in total. The smallest absolute Gasteiger partial charge is 0.337 e. The van der Waals surface area contributed by atoms with Crippen LogP contribution in [0.5, 0.6) is 0 Å². The molecule has 0 saturated carbocycles. The largest absolute Gasteiger partial charge is 0.479 e. The Bertz CT molecular complexity index is 653. The van der Waals surface area contributed by atoms with Crippen molar-refractivity contribution in [2.24, 2.45) is 0 Å². The summed E-state index contributed by atoms with van der Waals surface area (Å²) in [6.45, 7) is 0. The van der Waals surface area contributed by atoms with Crippen LogP contribution in [-0.2, 0) is 4.79 Å². The van der Waals surface area contributed by atoms with E-state index >= 15 is 0 Å². The predicted molar refractivity (Wildman–Crippen MR) is 74.5 cm³/mol. The van der Waals surface area contributed by atoms with Crippen molar-refractivity contribution >= 4 is 29.2 Å². The zero-order chi connectivity index (χ0) is 14.9. The van der Waals surface area contributed by atoms with E-state index in [-0.39, 0.29) is 26.7 Å². The Balaban J connectivity index is 2.73. The molecule has 0 saturated heterocycles. The lowest BCUT2D eigenvalue weighted by molar-refractivity contribution is -0.146. The van der Waals surface area contributed by atoms with Gasteiger partial charge in [0.05, 0.1) is 0 Å². The summed E-state index contributed by atoms with van der Waals surface area (Å²) >= 11 is 12.1. The molecule has 1 atom stereocenters. The van der Waals surface area contributed by atoms with Crippen LogP contribution in [0.1, 0.15) is 11.7 Å². The third kappa shape index (κ3) is 2.77. The van der Waals surface area contributed by atoms with E-state index in [1.165, 1.54) is 6.07 Å². The SMILES string of the molecule is O=C(O)C(O)c1ccc(F)cc1-c1c(Cl)cccc1Cl. The van der Waals surface area contributed by atoms with Crippen LogP contribution in [0.25, 0.3) is 11.1 Å². The molecule has 2 rings (SSSR count). The standard InChI is InChI=1S/C14H9Cl2FO3/c15-10-2-1-3-11(16)12(10)9-6-7(17)4-5-8(9)13(18)14(19)20/h1-6,13,18H,(H,19,20). The van der Waals surface area contributed by atoms with Gasteiger partial charge in [-0.3, -0.25) is 0 Å². The highest BCUT2D eigenvalue weighted by Crippen LogP contribution is 2.38. The van der Waals surface area contributed by atoms with Crippen molar-refractivity contribution in [2.45, 2.75) is 6.10 Å². The highest BCUT2D eigenvalue weighted by molar-refractivity contribution is 6.39. The first-order valence-corrected chi connectivity index (χ1v) is 6.32. The number of benzene rings is 2. The fraction of sp³-hybridized carbons (Fsp3) is 0.0714. The van der Waals surface area contributed by atoms with Gasteiger partial charge in [-0.15, -0.1) is 0 Å². The summed E-state index contributed by atoms with van der Waals surface area (Å²) < 4.78 is 13.4. The molecule has 0 aliphatic rings. The second-order valence-corrected chi connectivity index (χ2v) is 4.88. The molecule has 0 aromatic heterocycles. The monoisotopic (exact) mass is 314 g/mol. The molecule has 1 unspecified atom stereocenters. The van der Waals surface area contributed by atoms with E-state index in [4.69, 9.17) is 28.3 Å². The van der Waals surface area contributed by atoms with Crippen LogP contribution in [0.15, 0.2) is 36.4 Å². The van der Waals surface area contributed by atoms with Crippen molar-refractivity contribution in [1.82, 2.24) is 0 Å². The van der Waals surface area contributed by atoms with Gasteiger partial charge in [-0.25, -0.2) is 9.18 Å². The number of carboxylic acids is 1. The molecule has 0 bridgehead atoms. The van der Waals surface area contributed by atoms with Gasteiger partial charge in [0.15, 0.2) is 6.10 Å². The Labute approximate surface area is 124 Å². The number of aliphatic hydroxyl groups is 1. The van der Waals surface area contributed by atoms with Gasteiger partial charge in [-0.2, -0.15) is 0 Å². The minimum absolute atomic E-state index is 0.0221. The predicted octanol–water partition coefficient (Wildman–Crippen LogP) is 3.92. The van der Waals surface area contributed by atoms with Gasteiger partial charge >= 0.3 is 5.97 Å². The van der Waals surface area contributed by atoms with E-state index in [2.05, 4.69) is 0 Å². The molecule has 0 aliphatic heterocycles. The fourth-order valence-corrected chi connectivity index (χ4v) is 2.47. The Morgan fingerprint density at radius 3 is 2.30 bits per heavy atom. The van der Waals surface area contributed by atoms with Crippen molar-refractivity contribution in [2.75, 3.05) is 0 Å². The second kappa shape index (κ2) is 5.79. The van der Waals surface area contributed by atoms with Crippen LogP contribution >= 0.6 is 23.2 Å². The van der Waals surface area contributed by atoms with Crippen molar-refractivity contribution in [1.29, 1.82) is 0 Å². The zero-order valence-electron chi connectivity index (χ0n) is 9.98. The summed E-state index contributed by atoms with van der Waals surface area (Å²) in [4.78, 5) is 10.9. The van der Waals surface area contributed by atoms with Crippen LogP contribution in [0.4, 0.5) is 4.39 Å². The fourth-order valence-electron chi connectivity index (χ4n) is 1.87. The average molecular weight is 315 g/mol. The molecule has 2 aromatic carbocycles. The summed E-state index contributed by atoms with van der Waals surface area (Å²) in [5.41, 5.74) is 0.454. The molecule has 2 aromatic rings. The Hall–Kier alpha value is -1.62. The first-order valence-electron chi connectivity index (χ1n) is 5.56. The first kappa shape index (κ1) is 14.8. The molecule has 0 fully saturated rings.